The highest BCUT2D eigenvalue weighted by Gasteiger charge is 2.49. The van der Waals surface area contributed by atoms with Crippen LogP contribution in [0.25, 0.3) is 0 Å². The van der Waals surface area contributed by atoms with Gasteiger partial charge < -0.3 is 25.6 Å². The van der Waals surface area contributed by atoms with Crippen LogP contribution in [0.3, 0.4) is 0 Å². The van der Waals surface area contributed by atoms with Gasteiger partial charge in [-0.2, -0.15) is 8.78 Å². The smallest absolute Gasteiger partial charge is 0.351 e. The highest BCUT2D eigenvalue weighted by molar-refractivity contribution is 5.84. The van der Waals surface area contributed by atoms with E-state index in [0.29, 0.717) is 17.9 Å². The Hall–Kier alpha value is -3.40. The summed E-state index contributed by atoms with van der Waals surface area (Å²) < 4.78 is 41.1. The molecule has 0 saturated carbocycles. The molecule has 0 aliphatic rings. The molecule has 1 aromatic heterocycles. The Bertz CT molecular complexity index is 1120. The molecule has 4 N–H and O–H groups in total. The molecule has 9 heteroatoms. The molecule has 0 aliphatic heterocycles. The number of halogens is 2. The molecule has 3 aromatic rings. The van der Waals surface area contributed by atoms with Crippen molar-refractivity contribution < 1.29 is 28.2 Å². The van der Waals surface area contributed by atoms with Gasteiger partial charge in [0.1, 0.15) is 18.5 Å². The van der Waals surface area contributed by atoms with E-state index in [2.05, 4.69) is 10.3 Å². The summed E-state index contributed by atoms with van der Waals surface area (Å²) in [5, 5.41) is 12.6. The number of carbonyl (C=O) groups is 1. The number of hydrogen-bond acceptors (Lipinski definition) is 6. The van der Waals surface area contributed by atoms with Gasteiger partial charge in [-0.15, -0.1) is 0 Å². The van der Waals surface area contributed by atoms with Gasteiger partial charge in [0.2, 0.25) is 0 Å². The van der Waals surface area contributed by atoms with Crippen LogP contribution >= 0.6 is 0 Å². The summed E-state index contributed by atoms with van der Waals surface area (Å²) in [6.07, 6.45) is 0.848. The summed E-state index contributed by atoms with van der Waals surface area (Å²) in [6.45, 7) is 4.21. The predicted octanol–water partition coefficient (Wildman–Crippen LogP) is 3.88. The van der Waals surface area contributed by atoms with Crippen LogP contribution in [0.1, 0.15) is 30.5 Å². The van der Waals surface area contributed by atoms with Crippen molar-refractivity contribution in [3.63, 3.8) is 0 Å². The van der Waals surface area contributed by atoms with Gasteiger partial charge in [0.15, 0.2) is 0 Å². The zero-order chi connectivity index (χ0) is 27.5. The summed E-state index contributed by atoms with van der Waals surface area (Å²) in [4.78, 5) is 16.5. The van der Waals surface area contributed by atoms with Crippen molar-refractivity contribution in [1.82, 2.24) is 10.3 Å². The number of hydrogen-bond donors (Lipinski definition) is 3. The zero-order valence-electron chi connectivity index (χ0n) is 21.6. The van der Waals surface area contributed by atoms with Crippen molar-refractivity contribution in [2.45, 2.75) is 57.6 Å². The van der Waals surface area contributed by atoms with Crippen molar-refractivity contribution in [2.75, 3.05) is 6.61 Å². The van der Waals surface area contributed by atoms with Gasteiger partial charge in [-0.1, -0.05) is 62.4 Å². The quantitative estimate of drug-likeness (QED) is 0.294. The average molecular weight is 528 g/mol. The number of ether oxygens (including phenoxy) is 2. The van der Waals surface area contributed by atoms with Crippen LogP contribution in [-0.2, 0) is 29.2 Å². The molecule has 0 bridgehead atoms. The largest absolute Gasteiger partial charge is 0.489 e. The Morgan fingerprint density at radius 3 is 2.32 bits per heavy atom. The predicted molar refractivity (Wildman–Crippen MR) is 141 cm³/mol. The van der Waals surface area contributed by atoms with Crippen LogP contribution in [0.5, 0.6) is 5.75 Å². The first kappa shape index (κ1) is 29.2. The Kier molecular flexibility index (Phi) is 10.7. The molecule has 7 nitrogen and oxygen atoms in total. The van der Waals surface area contributed by atoms with Crippen molar-refractivity contribution >= 4 is 5.91 Å². The van der Waals surface area contributed by atoms with E-state index in [1.807, 2.05) is 36.4 Å². The van der Waals surface area contributed by atoms with Gasteiger partial charge in [0.25, 0.3) is 5.91 Å². The highest BCUT2D eigenvalue weighted by atomic mass is 19.3. The third kappa shape index (κ3) is 8.58. The van der Waals surface area contributed by atoms with Crippen LogP contribution < -0.4 is 15.8 Å². The SMILES string of the molecule is CC(C)[C@H](COCc1cccnc1)NC(=O)C(F)(F)C(O)C(N)Cc1ccc(OCc2ccccc2)cc1. The van der Waals surface area contributed by atoms with Gasteiger partial charge in [-0.05, 0) is 47.2 Å². The lowest BCUT2D eigenvalue weighted by molar-refractivity contribution is -0.167. The maximum absolute atomic E-state index is 14.9. The van der Waals surface area contributed by atoms with Gasteiger partial charge in [0, 0.05) is 18.4 Å². The number of aliphatic hydroxyl groups is 1. The number of nitrogens with zero attached hydrogens (tertiary/aromatic N) is 1. The van der Waals surface area contributed by atoms with Gasteiger partial charge >= 0.3 is 5.92 Å². The highest BCUT2D eigenvalue weighted by Crippen LogP contribution is 2.24. The molecule has 204 valence electrons. The maximum Gasteiger partial charge on any atom is 0.351 e. The second-order valence-corrected chi connectivity index (χ2v) is 9.55. The number of aromatic nitrogens is 1. The summed E-state index contributed by atoms with van der Waals surface area (Å²) >= 11 is 0. The fourth-order valence-electron chi connectivity index (χ4n) is 3.70. The van der Waals surface area contributed by atoms with Crippen LogP contribution in [0.2, 0.25) is 0 Å². The lowest BCUT2D eigenvalue weighted by Crippen LogP contribution is -2.58. The summed E-state index contributed by atoms with van der Waals surface area (Å²) in [6, 6.07) is 18.0. The van der Waals surface area contributed by atoms with Gasteiger partial charge in [0.05, 0.1) is 19.3 Å². The van der Waals surface area contributed by atoms with Crippen LogP contribution in [0.15, 0.2) is 79.1 Å². The van der Waals surface area contributed by atoms with Crippen molar-refractivity contribution in [1.29, 1.82) is 0 Å². The minimum Gasteiger partial charge on any atom is -0.489 e. The molecule has 38 heavy (non-hydrogen) atoms. The van der Waals surface area contributed by atoms with E-state index >= 15 is 0 Å². The van der Waals surface area contributed by atoms with Crippen LogP contribution in [0.4, 0.5) is 8.78 Å². The second kappa shape index (κ2) is 13.9. The molecule has 0 saturated heterocycles. The van der Waals surface area contributed by atoms with E-state index in [4.69, 9.17) is 15.2 Å². The zero-order valence-corrected chi connectivity index (χ0v) is 21.6. The monoisotopic (exact) mass is 527 g/mol. The topological polar surface area (TPSA) is 107 Å². The summed E-state index contributed by atoms with van der Waals surface area (Å²) in [7, 11) is 0. The molecule has 0 radical (unpaired) electrons. The third-order valence-corrected chi connectivity index (χ3v) is 6.13. The molecule has 2 aromatic carbocycles. The van der Waals surface area contributed by atoms with Crippen LogP contribution in [-0.4, -0.2) is 46.7 Å². The first-order valence-electron chi connectivity index (χ1n) is 12.5. The number of pyridine rings is 1. The van der Waals surface area contributed by atoms with Crippen molar-refractivity contribution in [3.8, 4) is 5.75 Å². The maximum atomic E-state index is 14.9. The number of amides is 1. The van der Waals surface area contributed by atoms with E-state index < -0.39 is 30.0 Å². The molecule has 0 spiro atoms. The lowest BCUT2D eigenvalue weighted by Gasteiger charge is -2.29. The Morgan fingerprint density at radius 2 is 1.68 bits per heavy atom. The van der Waals surface area contributed by atoms with E-state index in [0.717, 1.165) is 11.1 Å². The van der Waals surface area contributed by atoms with E-state index in [1.54, 1.807) is 56.6 Å². The Labute approximate surface area is 222 Å². The molecule has 1 amide bonds. The number of aliphatic hydroxyl groups excluding tert-OH is 1. The van der Waals surface area contributed by atoms with E-state index in [9.17, 15) is 18.7 Å². The number of nitrogens with one attached hydrogen (secondary N) is 1. The van der Waals surface area contributed by atoms with E-state index in [-0.39, 0.29) is 25.6 Å². The number of nitrogens with two attached hydrogens (primary N) is 1. The number of rotatable bonds is 14. The fraction of sp³-hybridized carbons (Fsp3) is 0.379. The molecule has 3 rings (SSSR count). The number of benzene rings is 2. The normalized spacial score (nSPS) is 14.1. The Balaban J connectivity index is 1.51. The molecule has 1 heterocycles. The van der Waals surface area contributed by atoms with Gasteiger partial charge in [-0.3, -0.25) is 9.78 Å². The minimum atomic E-state index is -4.09. The summed E-state index contributed by atoms with van der Waals surface area (Å²) in [5.41, 5.74) is 8.38. The molecule has 2 unspecified atom stereocenters. The average Bonchev–Trinajstić information content (AvgIpc) is 2.92. The van der Waals surface area contributed by atoms with Crippen molar-refractivity contribution in [2.24, 2.45) is 11.7 Å². The first-order chi connectivity index (χ1) is 18.2. The number of alkyl halides is 2. The third-order valence-electron chi connectivity index (χ3n) is 6.13. The summed E-state index contributed by atoms with van der Waals surface area (Å²) in [5.74, 6) is -5.25. The van der Waals surface area contributed by atoms with E-state index in [1.165, 1.54) is 0 Å². The molecule has 0 aliphatic carbocycles. The molecule has 3 atom stereocenters. The fourth-order valence-corrected chi connectivity index (χ4v) is 3.70. The van der Waals surface area contributed by atoms with Crippen LogP contribution in [0, 0.1) is 5.92 Å². The van der Waals surface area contributed by atoms with Crippen molar-refractivity contribution in [3.05, 3.63) is 95.8 Å². The minimum absolute atomic E-state index is 0.0230. The second-order valence-electron chi connectivity index (χ2n) is 9.55. The Morgan fingerprint density at radius 1 is 1.00 bits per heavy atom. The number of carbonyl (C=O) groups excluding carboxylic acids is 1. The molecule has 0 fully saturated rings. The lowest BCUT2D eigenvalue weighted by atomic mass is 9.96. The molecular weight excluding hydrogens is 492 g/mol. The first-order valence-corrected chi connectivity index (χ1v) is 12.5. The standard InChI is InChI=1S/C29H35F2N3O4/c1-20(2)26(19-37-17-23-9-6-14-33-16-23)34-28(36)29(30,31)27(35)25(32)15-21-10-12-24(13-11-21)38-18-22-7-4-3-5-8-22/h3-14,16,20,25-27,35H,15,17-19,32H2,1-2H3,(H,34,36)/t25?,26-,27?/m0/s1. The van der Waals surface area contributed by atoms with Gasteiger partial charge in [-0.25, -0.2) is 0 Å². The molecular formula is C29H35F2N3O4.